The standard InChI is InChI=1S/C9H16O/c1-6-5-8-3-4-9(10-8)7(6)2/h6-9H,3-5H2,1-2H3. The van der Waals surface area contributed by atoms with Crippen LogP contribution in [0.4, 0.5) is 0 Å². The monoisotopic (exact) mass is 140 g/mol. The largest absolute Gasteiger partial charge is 0.375 e. The van der Waals surface area contributed by atoms with Crippen LogP contribution >= 0.6 is 0 Å². The van der Waals surface area contributed by atoms with Crippen molar-refractivity contribution in [1.29, 1.82) is 0 Å². The van der Waals surface area contributed by atoms with Gasteiger partial charge in [-0.1, -0.05) is 13.8 Å². The molecule has 0 aromatic rings. The third-order valence-electron chi connectivity index (χ3n) is 3.26. The Morgan fingerprint density at radius 1 is 1.20 bits per heavy atom. The average molecular weight is 140 g/mol. The molecule has 2 aliphatic heterocycles. The molecule has 0 aromatic heterocycles. The van der Waals surface area contributed by atoms with E-state index in [0.717, 1.165) is 11.8 Å². The summed E-state index contributed by atoms with van der Waals surface area (Å²) in [6.07, 6.45) is 5.16. The summed E-state index contributed by atoms with van der Waals surface area (Å²) in [6, 6.07) is 0. The van der Waals surface area contributed by atoms with Crippen LogP contribution < -0.4 is 0 Å². The van der Waals surface area contributed by atoms with Gasteiger partial charge in [0.05, 0.1) is 12.2 Å². The first-order valence-corrected chi connectivity index (χ1v) is 4.43. The highest BCUT2D eigenvalue weighted by Crippen LogP contribution is 2.39. The van der Waals surface area contributed by atoms with Gasteiger partial charge < -0.3 is 4.74 Å². The Bertz CT molecular complexity index is 133. The van der Waals surface area contributed by atoms with E-state index in [9.17, 15) is 0 Å². The molecular weight excluding hydrogens is 124 g/mol. The SMILES string of the molecule is CC1CC2CCC(O2)C1C. The van der Waals surface area contributed by atoms with Crippen LogP contribution in [0.1, 0.15) is 33.1 Å². The molecule has 0 amide bonds. The van der Waals surface area contributed by atoms with Crippen molar-refractivity contribution in [3.05, 3.63) is 0 Å². The predicted octanol–water partition coefficient (Wildman–Crippen LogP) is 2.21. The van der Waals surface area contributed by atoms with Gasteiger partial charge in [-0.2, -0.15) is 0 Å². The third-order valence-corrected chi connectivity index (χ3v) is 3.26. The van der Waals surface area contributed by atoms with Gasteiger partial charge in [-0.3, -0.25) is 0 Å². The number of rotatable bonds is 0. The molecule has 1 heteroatoms. The molecule has 0 aromatic carbocycles. The smallest absolute Gasteiger partial charge is 0.0607 e. The molecule has 4 unspecified atom stereocenters. The van der Waals surface area contributed by atoms with E-state index < -0.39 is 0 Å². The molecule has 2 fully saturated rings. The van der Waals surface area contributed by atoms with Crippen molar-refractivity contribution in [2.45, 2.75) is 45.3 Å². The quantitative estimate of drug-likeness (QED) is 0.501. The minimum absolute atomic E-state index is 0.605. The van der Waals surface area contributed by atoms with Gasteiger partial charge in [-0.25, -0.2) is 0 Å². The summed E-state index contributed by atoms with van der Waals surface area (Å²) in [7, 11) is 0. The Hall–Kier alpha value is -0.0400. The van der Waals surface area contributed by atoms with Crippen molar-refractivity contribution < 1.29 is 4.74 Å². The first kappa shape index (κ1) is 6.66. The lowest BCUT2D eigenvalue weighted by Gasteiger charge is -2.32. The lowest BCUT2D eigenvalue weighted by Crippen LogP contribution is -2.31. The summed E-state index contributed by atoms with van der Waals surface area (Å²) in [6.45, 7) is 4.69. The lowest BCUT2D eigenvalue weighted by molar-refractivity contribution is -0.0518. The highest BCUT2D eigenvalue weighted by molar-refractivity contribution is 4.87. The molecule has 0 aliphatic carbocycles. The zero-order valence-corrected chi connectivity index (χ0v) is 6.84. The van der Waals surface area contributed by atoms with Gasteiger partial charge in [0.1, 0.15) is 0 Å². The van der Waals surface area contributed by atoms with Gasteiger partial charge in [0.15, 0.2) is 0 Å². The first-order valence-electron chi connectivity index (χ1n) is 4.43. The van der Waals surface area contributed by atoms with E-state index in [1.165, 1.54) is 19.3 Å². The third kappa shape index (κ3) is 0.878. The summed E-state index contributed by atoms with van der Waals surface area (Å²) in [5, 5.41) is 0. The summed E-state index contributed by atoms with van der Waals surface area (Å²) >= 11 is 0. The summed E-state index contributed by atoms with van der Waals surface area (Å²) < 4.78 is 5.78. The normalized spacial score (nSPS) is 53.4. The van der Waals surface area contributed by atoms with Crippen LogP contribution in [0.2, 0.25) is 0 Å². The predicted molar refractivity (Wildman–Crippen MR) is 40.8 cm³/mol. The Labute approximate surface area is 62.8 Å². The van der Waals surface area contributed by atoms with Gasteiger partial charge in [0.2, 0.25) is 0 Å². The van der Waals surface area contributed by atoms with E-state index in [0.29, 0.717) is 12.2 Å². The van der Waals surface area contributed by atoms with Crippen LogP contribution in [0.15, 0.2) is 0 Å². The van der Waals surface area contributed by atoms with E-state index >= 15 is 0 Å². The van der Waals surface area contributed by atoms with Gasteiger partial charge in [-0.05, 0) is 31.1 Å². The van der Waals surface area contributed by atoms with Crippen LogP contribution in [0.25, 0.3) is 0 Å². The number of hydrogen-bond donors (Lipinski definition) is 0. The highest BCUT2D eigenvalue weighted by atomic mass is 16.5. The number of ether oxygens (including phenoxy) is 1. The maximum absolute atomic E-state index is 5.78. The molecule has 2 bridgehead atoms. The molecule has 4 atom stereocenters. The molecule has 58 valence electrons. The second-order valence-corrected chi connectivity index (χ2v) is 3.95. The topological polar surface area (TPSA) is 9.23 Å². The molecule has 0 N–H and O–H groups in total. The number of fused-ring (bicyclic) bond motifs is 2. The summed E-state index contributed by atoms with van der Waals surface area (Å²) in [4.78, 5) is 0. The summed E-state index contributed by atoms with van der Waals surface area (Å²) in [5.41, 5.74) is 0. The minimum Gasteiger partial charge on any atom is -0.375 e. The maximum atomic E-state index is 5.78. The molecule has 2 heterocycles. The Kier molecular flexibility index (Phi) is 1.48. The van der Waals surface area contributed by atoms with Crippen LogP contribution in [0.5, 0.6) is 0 Å². The first-order chi connectivity index (χ1) is 4.77. The second-order valence-electron chi connectivity index (χ2n) is 3.95. The minimum atomic E-state index is 0.605. The zero-order valence-electron chi connectivity index (χ0n) is 6.84. The van der Waals surface area contributed by atoms with Crippen molar-refractivity contribution in [1.82, 2.24) is 0 Å². The molecule has 2 aliphatic rings. The van der Waals surface area contributed by atoms with E-state index in [-0.39, 0.29) is 0 Å². The summed E-state index contributed by atoms with van der Waals surface area (Å²) in [5.74, 6) is 1.70. The fourth-order valence-corrected chi connectivity index (χ4v) is 2.29. The molecule has 0 radical (unpaired) electrons. The van der Waals surface area contributed by atoms with Crippen LogP contribution in [-0.2, 0) is 4.74 Å². The molecule has 0 saturated carbocycles. The fourth-order valence-electron chi connectivity index (χ4n) is 2.29. The van der Waals surface area contributed by atoms with Crippen LogP contribution in [0, 0.1) is 11.8 Å². The van der Waals surface area contributed by atoms with Crippen molar-refractivity contribution in [2.24, 2.45) is 11.8 Å². The second kappa shape index (κ2) is 2.23. The van der Waals surface area contributed by atoms with Crippen molar-refractivity contribution >= 4 is 0 Å². The molecule has 10 heavy (non-hydrogen) atoms. The molecule has 1 nitrogen and oxygen atoms in total. The van der Waals surface area contributed by atoms with Gasteiger partial charge in [0.25, 0.3) is 0 Å². The maximum Gasteiger partial charge on any atom is 0.0607 e. The molecular formula is C9H16O. The van der Waals surface area contributed by atoms with Crippen molar-refractivity contribution in [2.75, 3.05) is 0 Å². The highest BCUT2D eigenvalue weighted by Gasteiger charge is 2.38. The van der Waals surface area contributed by atoms with Crippen LogP contribution in [0.3, 0.4) is 0 Å². The van der Waals surface area contributed by atoms with Gasteiger partial charge >= 0.3 is 0 Å². The van der Waals surface area contributed by atoms with Crippen molar-refractivity contribution in [3.8, 4) is 0 Å². The van der Waals surface area contributed by atoms with E-state index in [2.05, 4.69) is 13.8 Å². The Morgan fingerprint density at radius 2 is 2.00 bits per heavy atom. The fraction of sp³-hybridized carbons (Fsp3) is 1.00. The molecule has 0 spiro atoms. The molecule has 2 saturated heterocycles. The van der Waals surface area contributed by atoms with E-state index in [4.69, 9.17) is 4.74 Å². The van der Waals surface area contributed by atoms with E-state index in [1.54, 1.807) is 0 Å². The zero-order chi connectivity index (χ0) is 7.14. The number of hydrogen-bond acceptors (Lipinski definition) is 1. The average Bonchev–Trinajstić information content (AvgIpc) is 2.29. The lowest BCUT2D eigenvalue weighted by atomic mass is 9.87. The Balaban J connectivity index is 2.09. The Morgan fingerprint density at radius 3 is 2.80 bits per heavy atom. The van der Waals surface area contributed by atoms with Crippen LogP contribution in [-0.4, -0.2) is 12.2 Å². The van der Waals surface area contributed by atoms with Gasteiger partial charge in [0, 0.05) is 0 Å². The molecule has 2 rings (SSSR count). The van der Waals surface area contributed by atoms with Gasteiger partial charge in [-0.15, -0.1) is 0 Å². The van der Waals surface area contributed by atoms with E-state index in [1.807, 2.05) is 0 Å². The van der Waals surface area contributed by atoms with Crippen molar-refractivity contribution in [3.63, 3.8) is 0 Å².